The van der Waals surface area contributed by atoms with E-state index in [-0.39, 0.29) is 0 Å². The van der Waals surface area contributed by atoms with Gasteiger partial charge in [-0.25, -0.2) is 0 Å². The molecule has 1 atom stereocenters. The Labute approximate surface area is 126 Å². The van der Waals surface area contributed by atoms with Crippen LogP contribution in [0.1, 0.15) is 31.7 Å². The van der Waals surface area contributed by atoms with Crippen LogP contribution in [0.5, 0.6) is 0 Å². The van der Waals surface area contributed by atoms with Gasteiger partial charge in [-0.05, 0) is 49.8 Å². The van der Waals surface area contributed by atoms with Crippen LogP contribution in [-0.2, 0) is 6.42 Å². The Morgan fingerprint density at radius 1 is 1.21 bits per heavy atom. The summed E-state index contributed by atoms with van der Waals surface area (Å²) in [5, 5.41) is 1.15. The molecule has 0 saturated carbocycles. The Kier molecular flexibility index (Phi) is 6.39. The summed E-state index contributed by atoms with van der Waals surface area (Å²) < 4.78 is 0. The van der Waals surface area contributed by atoms with E-state index in [0.717, 1.165) is 17.2 Å². The van der Waals surface area contributed by atoms with Crippen molar-refractivity contribution in [3.8, 4) is 0 Å². The molecule has 0 N–H and O–H groups in total. The molecular weight excluding hydrogens is 298 g/mol. The summed E-state index contributed by atoms with van der Waals surface area (Å²) >= 11 is 3.63. The minimum atomic E-state index is 0.825. The smallest absolute Gasteiger partial charge is 0.00717 e. The fourth-order valence-corrected chi connectivity index (χ4v) is 3.64. The van der Waals surface area contributed by atoms with Crippen LogP contribution in [0.25, 0.3) is 0 Å². The molecule has 0 amide bonds. The Morgan fingerprint density at radius 3 is 2.47 bits per heavy atom. The van der Waals surface area contributed by atoms with Crippen molar-refractivity contribution in [3.63, 3.8) is 0 Å². The van der Waals surface area contributed by atoms with Crippen LogP contribution < -0.4 is 0 Å². The average molecular weight is 324 g/mol. The summed E-state index contributed by atoms with van der Waals surface area (Å²) in [6, 6.07) is 11.0. The van der Waals surface area contributed by atoms with E-state index < -0.39 is 0 Å². The molecule has 1 heterocycles. The number of alkyl halides is 1. The van der Waals surface area contributed by atoms with Crippen molar-refractivity contribution in [2.75, 3.05) is 25.0 Å². The van der Waals surface area contributed by atoms with Crippen molar-refractivity contribution in [3.05, 3.63) is 35.9 Å². The summed E-state index contributed by atoms with van der Waals surface area (Å²) in [4.78, 5) is 2.66. The molecule has 2 heteroatoms. The highest BCUT2D eigenvalue weighted by molar-refractivity contribution is 9.09. The zero-order valence-electron chi connectivity index (χ0n) is 12.0. The second-order valence-electron chi connectivity index (χ2n) is 5.86. The van der Waals surface area contributed by atoms with Crippen LogP contribution in [0.3, 0.4) is 0 Å². The summed E-state index contributed by atoms with van der Waals surface area (Å²) in [7, 11) is 0. The lowest BCUT2D eigenvalue weighted by atomic mass is 9.90. The molecule has 1 aliphatic heterocycles. The van der Waals surface area contributed by atoms with Gasteiger partial charge in [-0.3, -0.25) is 0 Å². The summed E-state index contributed by atoms with van der Waals surface area (Å²) in [5.74, 6) is 1.72. The molecule has 1 nitrogen and oxygen atoms in total. The van der Waals surface area contributed by atoms with E-state index in [1.165, 1.54) is 50.9 Å². The number of rotatable bonds is 6. The highest BCUT2D eigenvalue weighted by Crippen LogP contribution is 2.22. The van der Waals surface area contributed by atoms with Gasteiger partial charge in [0.2, 0.25) is 0 Å². The van der Waals surface area contributed by atoms with Crippen LogP contribution in [0, 0.1) is 11.8 Å². The molecule has 1 fully saturated rings. The van der Waals surface area contributed by atoms with Gasteiger partial charge < -0.3 is 4.90 Å². The minimum Gasteiger partial charge on any atom is -0.303 e. The van der Waals surface area contributed by atoms with Crippen LogP contribution in [0.2, 0.25) is 0 Å². The summed E-state index contributed by atoms with van der Waals surface area (Å²) in [5.41, 5.74) is 1.51. The molecule has 0 bridgehead atoms. The molecule has 1 saturated heterocycles. The number of hydrogen-bond donors (Lipinski definition) is 0. The summed E-state index contributed by atoms with van der Waals surface area (Å²) in [6.07, 6.45) is 5.29. The maximum Gasteiger partial charge on any atom is 0.00717 e. The molecule has 0 spiro atoms. The van der Waals surface area contributed by atoms with Crippen molar-refractivity contribution in [1.82, 2.24) is 4.90 Å². The number of halogens is 1. The predicted octanol–water partition coefficient (Wildman–Crippen LogP) is 4.36. The molecule has 0 radical (unpaired) electrons. The van der Waals surface area contributed by atoms with Gasteiger partial charge in [0.25, 0.3) is 0 Å². The van der Waals surface area contributed by atoms with Gasteiger partial charge in [0.15, 0.2) is 0 Å². The second-order valence-corrected chi connectivity index (χ2v) is 6.51. The molecule has 2 rings (SSSR count). The van der Waals surface area contributed by atoms with E-state index >= 15 is 0 Å². The van der Waals surface area contributed by atoms with E-state index in [9.17, 15) is 0 Å². The van der Waals surface area contributed by atoms with Gasteiger partial charge in [-0.15, -0.1) is 0 Å². The molecule has 1 aromatic rings. The third kappa shape index (κ3) is 4.92. The van der Waals surface area contributed by atoms with Crippen molar-refractivity contribution in [1.29, 1.82) is 0 Å². The van der Waals surface area contributed by atoms with Gasteiger partial charge in [-0.2, -0.15) is 0 Å². The predicted molar refractivity (Wildman–Crippen MR) is 86.9 cm³/mol. The molecule has 1 aliphatic rings. The third-order valence-electron chi connectivity index (χ3n) is 4.39. The molecule has 0 aliphatic carbocycles. The van der Waals surface area contributed by atoms with Gasteiger partial charge in [0, 0.05) is 11.9 Å². The molecule has 1 aromatic carbocycles. The number of nitrogens with zero attached hydrogens (tertiary/aromatic N) is 1. The lowest BCUT2D eigenvalue weighted by Gasteiger charge is -2.33. The zero-order valence-corrected chi connectivity index (χ0v) is 13.6. The lowest BCUT2D eigenvalue weighted by molar-refractivity contribution is 0.164. The first-order chi connectivity index (χ1) is 9.31. The summed E-state index contributed by atoms with van der Waals surface area (Å²) in [6.45, 7) is 6.16. The van der Waals surface area contributed by atoms with Crippen LogP contribution in [-0.4, -0.2) is 29.9 Å². The zero-order chi connectivity index (χ0) is 13.5. The van der Waals surface area contributed by atoms with Crippen LogP contribution >= 0.6 is 15.9 Å². The third-order valence-corrected chi connectivity index (χ3v) is 5.30. The first kappa shape index (κ1) is 15.1. The monoisotopic (exact) mass is 323 g/mol. The topological polar surface area (TPSA) is 3.24 Å². The van der Waals surface area contributed by atoms with E-state index in [2.05, 4.69) is 58.1 Å². The van der Waals surface area contributed by atoms with Gasteiger partial charge in [0.05, 0.1) is 0 Å². The van der Waals surface area contributed by atoms with Crippen LogP contribution in [0.15, 0.2) is 30.3 Å². The number of likely N-dealkylation sites (tertiary alicyclic amines) is 1. The normalized spacial score (nSPS) is 19.5. The SMILES string of the molecule is CCC(CBr)CN1CCC(Cc2ccccc2)CC1. The Hall–Kier alpha value is -0.340. The van der Waals surface area contributed by atoms with Gasteiger partial charge >= 0.3 is 0 Å². The van der Waals surface area contributed by atoms with E-state index in [1.54, 1.807) is 0 Å². The second kappa shape index (κ2) is 8.06. The Balaban J connectivity index is 1.73. The first-order valence-electron chi connectivity index (χ1n) is 7.64. The molecule has 19 heavy (non-hydrogen) atoms. The fraction of sp³-hybridized carbons (Fsp3) is 0.647. The highest BCUT2D eigenvalue weighted by atomic mass is 79.9. The number of piperidine rings is 1. The quantitative estimate of drug-likeness (QED) is 0.703. The van der Waals surface area contributed by atoms with Crippen molar-refractivity contribution < 1.29 is 0 Å². The van der Waals surface area contributed by atoms with E-state index in [1.807, 2.05) is 0 Å². The molecule has 0 aromatic heterocycles. The van der Waals surface area contributed by atoms with E-state index in [4.69, 9.17) is 0 Å². The van der Waals surface area contributed by atoms with Crippen molar-refractivity contribution >= 4 is 15.9 Å². The first-order valence-corrected chi connectivity index (χ1v) is 8.76. The Morgan fingerprint density at radius 2 is 1.89 bits per heavy atom. The van der Waals surface area contributed by atoms with Crippen molar-refractivity contribution in [2.45, 2.75) is 32.6 Å². The lowest BCUT2D eigenvalue weighted by Crippen LogP contribution is -2.37. The maximum atomic E-state index is 3.63. The van der Waals surface area contributed by atoms with E-state index in [0.29, 0.717) is 0 Å². The van der Waals surface area contributed by atoms with Gasteiger partial charge in [-0.1, -0.05) is 59.6 Å². The number of benzene rings is 1. The fourth-order valence-electron chi connectivity index (χ4n) is 2.97. The standard InChI is InChI=1S/C17H26BrN/c1-2-15(13-18)14-19-10-8-17(9-11-19)12-16-6-4-3-5-7-16/h3-7,15,17H,2,8-14H2,1H3. The molecule has 1 unspecified atom stereocenters. The largest absolute Gasteiger partial charge is 0.303 e. The van der Waals surface area contributed by atoms with Crippen molar-refractivity contribution in [2.24, 2.45) is 11.8 Å². The highest BCUT2D eigenvalue weighted by Gasteiger charge is 2.20. The maximum absolute atomic E-state index is 3.63. The average Bonchev–Trinajstić information content (AvgIpc) is 2.47. The Bertz CT molecular complexity index is 340. The molecular formula is C17H26BrN. The number of hydrogen-bond acceptors (Lipinski definition) is 1. The van der Waals surface area contributed by atoms with Crippen LogP contribution in [0.4, 0.5) is 0 Å². The molecule has 106 valence electrons. The van der Waals surface area contributed by atoms with Gasteiger partial charge in [0.1, 0.15) is 0 Å². The minimum absolute atomic E-state index is 0.825.